The molecule has 0 unspecified atom stereocenters. The van der Waals surface area contributed by atoms with Crippen LogP contribution >= 0.6 is 0 Å². The van der Waals surface area contributed by atoms with Crippen LogP contribution < -0.4 is 15.8 Å². The molecule has 0 saturated heterocycles. The van der Waals surface area contributed by atoms with Gasteiger partial charge in [-0.15, -0.1) is 0 Å². The van der Waals surface area contributed by atoms with Crippen LogP contribution in [0.5, 0.6) is 0 Å². The van der Waals surface area contributed by atoms with Crippen molar-refractivity contribution in [2.45, 2.75) is 25.2 Å². The number of benzene rings is 1. The molecule has 102 valence electrons. The minimum absolute atomic E-state index is 0.0499. The minimum atomic E-state index is -3.72. The van der Waals surface area contributed by atoms with Gasteiger partial charge < -0.3 is 10.6 Å². The molecule has 0 heterocycles. The summed E-state index contributed by atoms with van der Waals surface area (Å²) in [6, 6.07) is 4.66. The summed E-state index contributed by atoms with van der Waals surface area (Å²) in [5.41, 5.74) is 6.86. The summed E-state index contributed by atoms with van der Waals surface area (Å²) in [4.78, 5) is 2.03. The number of nitrogens with two attached hydrogens (primary N) is 2. The molecule has 1 rings (SSSR count). The Morgan fingerprint density at radius 2 is 1.89 bits per heavy atom. The van der Waals surface area contributed by atoms with Crippen LogP contribution in [0, 0.1) is 5.92 Å². The van der Waals surface area contributed by atoms with E-state index in [2.05, 4.69) is 13.8 Å². The molecule has 0 aromatic heterocycles. The smallest absolute Gasteiger partial charge is 0.238 e. The fourth-order valence-corrected chi connectivity index (χ4v) is 2.16. The molecule has 0 aliphatic rings. The van der Waals surface area contributed by atoms with Gasteiger partial charge in [-0.3, -0.25) is 0 Å². The summed E-state index contributed by atoms with van der Waals surface area (Å²) in [5.74, 6) is 0.589. The van der Waals surface area contributed by atoms with Crippen molar-refractivity contribution in [3.8, 4) is 0 Å². The Morgan fingerprint density at radius 3 is 2.39 bits per heavy atom. The molecule has 1 aromatic carbocycles. The molecule has 0 atom stereocenters. The average molecular weight is 271 g/mol. The van der Waals surface area contributed by atoms with Gasteiger partial charge in [-0.25, -0.2) is 13.6 Å². The van der Waals surface area contributed by atoms with E-state index >= 15 is 0 Å². The summed E-state index contributed by atoms with van der Waals surface area (Å²) < 4.78 is 22.7. The molecule has 5 nitrogen and oxygen atoms in total. The van der Waals surface area contributed by atoms with Crippen molar-refractivity contribution < 1.29 is 8.42 Å². The van der Waals surface area contributed by atoms with Crippen molar-refractivity contribution in [1.82, 2.24) is 0 Å². The monoisotopic (exact) mass is 271 g/mol. The minimum Gasteiger partial charge on any atom is -0.399 e. The molecular formula is C12H21N3O2S. The van der Waals surface area contributed by atoms with Crippen molar-refractivity contribution in [3.05, 3.63) is 18.2 Å². The Balaban J connectivity index is 2.99. The second-order valence-corrected chi connectivity index (χ2v) is 6.47. The zero-order chi connectivity index (χ0) is 13.9. The highest BCUT2D eigenvalue weighted by molar-refractivity contribution is 7.89. The van der Waals surface area contributed by atoms with Crippen LogP contribution in [0.4, 0.5) is 11.4 Å². The van der Waals surface area contributed by atoms with Crippen LogP contribution in [0.3, 0.4) is 0 Å². The molecule has 0 aliphatic heterocycles. The van der Waals surface area contributed by atoms with Crippen LogP contribution in [-0.4, -0.2) is 22.0 Å². The van der Waals surface area contributed by atoms with Gasteiger partial charge in [-0.05, 0) is 30.5 Å². The van der Waals surface area contributed by atoms with Crippen molar-refractivity contribution in [2.24, 2.45) is 11.1 Å². The molecule has 6 heteroatoms. The number of anilines is 2. The summed E-state index contributed by atoms with van der Waals surface area (Å²) in [6.45, 7) is 5.12. The summed E-state index contributed by atoms with van der Waals surface area (Å²) in [5, 5.41) is 5.12. The zero-order valence-electron chi connectivity index (χ0n) is 11.1. The Hall–Kier alpha value is -1.27. The van der Waals surface area contributed by atoms with Gasteiger partial charge in [0.15, 0.2) is 0 Å². The van der Waals surface area contributed by atoms with Crippen molar-refractivity contribution >= 4 is 21.4 Å². The van der Waals surface area contributed by atoms with E-state index in [0.717, 1.165) is 18.7 Å². The van der Waals surface area contributed by atoms with Gasteiger partial charge in [0.25, 0.3) is 0 Å². The van der Waals surface area contributed by atoms with Crippen molar-refractivity contribution in [2.75, 3.05) is 24.2 Å². The van der Waals surface area contributed by atoms with E-state index in [9.17, 15) is 8.42 Å². The Kier molecular flexibility index (Phi) is 4.59. The van der Waals surface area contributed by atoms with Gasteiger partial charge in [0.1, 0.15) is 0 Å². The Bertz CT molecular complexity index is 512. The first-order valence-electron chi connectivity index (χ1n) is 5.84. The first kappa shape index (κ1) is 14.8. The molecule has 0 spiro atoms. The van der Waals surface area contributed by atoms with Gasteiger partial charge in [-0.2, -0.15) is 0 Å². The maximum atomic E-state index is 11.3. The van der Waals surface area contributed by atoms with Gasteiger partial charge >= 0.3 is 0 Å². The van der Waals surface area contributed by atoms with Crippen molar-refractivity contribution in [3.63, 3.8) is 0 Å². The highest BCUT2D eigenvalue weighted by Gasteiger charge is 2.12. The fourth-order valence-electron chi connectivity index (χ4n) is 1.57. The summed E-state index contributed by atoms with van der Waals surface area (Å²) >= 11 is 0. The predicted molar refractivity (Wildman–Crippen MR) is 75.0 cm³/mol. The van der Waals surface area contributed by atoms with Gasteiger partial charge in [0.05, 0.1) is 4.90 Å². The highest BCUT2D eigenvalue weighted by Crippen LogP contribution is 2.22. The van der Waals surface area contributed by atoms with E-state index in [1.807, 2.05) is 11.9 Å². The van der Waals surface area contributed by atoms with E-state index < -0.39 is 10.0 Å². The fraction of sp³-hybridized carbons (Fsp3) is 0.500. The Labute approximate surface area is 109 Å². The maximum Gasteiger partial charge on any atom is 0.238 e. The molecule has 0 aliphatic carbocycles. The number of sulfonamides is 1. The number of hydrogen-bond donors (Lipinski definition) is 2. The molecule has 1 aromatic rings. The Morgan fingerprint density at radius 1 is 1.28 bits per heavy atom. The molecule has 0 radical (unpaired) electrons. The van der Waals surface area contributed by atoms with E-state index in [-0.39, 0.29) is 4.90 Å². The molecule has 18 heavy (non-hydrogen) atoms. The zero-order valence-corrected chi connectivity index (χ0v) is 11.9. The third kappa shape index (κ3) is 4.19. The quantitative estimate of drug-likeness (QED) is 0.792. The molecule has 4 N–H and O–H groups in total. The molecule has 0 bridgehead atoms. The summed E-state index contributed by atoms with van der Waals surface area (Å²) in [6.07, 6.45) is 1.02. The highest BCUT2D eigenvalue weighted by atomic mass is 32.2. The lowest BCUT2D eigenvalue weighted by Gasteiger charge is -2.21. The number of nitrogen functional groups attached to an aromatic ring is 1. The first-order valence-corrected chi connectivity index (χ1v) is 7.39. The molecule has 0 amide bonds. The predicted octanol–water partition coefficient (Wildman–Crippen LogP) is 1.40. The summed E-state index contributed by atoms with van der Waals surface area (Å²) in [7, 11) is -1.81. The standard InChI is InChI=1S/C12H21N3O2S/c1-9(2)4-5-15(3)11-6-10(13)7-12(8-11)18(14,16)17/h6-9H,4-5,13H2,1-3H3,(H2,14,16,17). The SMILES string of the molecule is CC(C)CCN(C)c1cc(N)cc(S(N)(=O)=O)c1. The van der Waals surface area contributed by atoms with Crippen LogP contribution in [0.1, 0.15) is 20.3 Å². The van der Waals surface area contributed by atoms with Crippen molar-refractivity contribution in [1.29, 1.82) is 0 Å². The van der Waals surface area contributed by atoms with E-state index in [1.54, 1.807) is 12.1 Å². The number of primary sulfonamides is 1. The first-order chi connectivity index (χ1) is 8.20. The lowest BCUT2D eigenvalue weighted by molar-refractivity contribution is 0.584. The molecule has 0 saturated carbocycles. The number of hydrogen-bond acceptors (Lipinski definition) is 4. The number of rotatable bonds is 5. The van der Waals surface area contributed by atoms with Gasteiger partial charge in [-0.1, -0.05) is 13.8 Å². The third-order valence-corrected chi connectivity index (χ3v) is 3.62. The topological polar surface area (TPSA) is 89.4 Å². The van der Waals surface area contributed by atoms with E-state index in [0.29, 0.717) is 11.6 Å². The largest absolute Gasteiger partial charge is 0.399 e. The normalized spacial score (nSPS) is 11.8. The lowest BCUT2D eigenvalue weighted by Crippen LogP contribution is -2.21. The van der Waals surface area contributed by atoms with Crippen LogP contribution in [0.2, 0.25) is 0 Å². The molecule has 0 fully saturated rings. The van der Waals surface area contributed by atoms with Gasteiger partial charge in [0.2, 0.25) is 10.0 Å². The third-order valence-electron chi connectivity index (χ3n) is 2.72. The van der Waals surface area contributed by atoms with Crippen LogP contribution in [0.25, 0.3) is 0 Å². The lowest BCUT2D eigenvalue weighted by atomic mass is 10.1. The number of nitrogens with zero attached hydrogens (tertiary/aromatic N) is 1. The van der Waals surface area contributed by atoms with E-state index in [4.69, 9.17) is 10.9 Å². The van der Waals surface area contributed by atoms with Gasteiger partial charge in [0, 0.05) is 25.0 Å². The average Bonchev–Trinajstić information content (AvgIpc) is 2.23. The maximum absolute atomic E-state index is 11.3. The van der Waals surface area contributed by atoms with E-state index in [1.165, 1.54) is 6.07 Å². The molecular weight excluding hydrogens is 250 g/mol. The van der Waals surface area contributed by atoms with Crippen LogP contribution in [-0.2, 0) is 10.0 Å². The second-order valence-electron chi connectivity index (χ2n) is 4.91. The second kappa shape index (κ2) is 5.58. The van der Waals surface area contributed by atoms with Crippen LogP contribution in [0.15, 0.2) is 23.1 Å².